The molecule has 1 aliphatic rings. The Morgan fingerprint density at radius 2 is 2.00 bits per heavy atom. The van der Waals surface area contributed by atoms with Crippen molar-refractivity contribution < 1.29 is 0 Å². The molecule has 0 aromatic heterocycles. The maximum atomic E-state index is 5.72. The fraction of sp³-hybridized carbons (Fsp3) is 1.00. The molecule has 0 amide bonds. The predicted molar refractivity (Wildman–Crippen MR) is 53.1 cm³/mol. The number of hydrogen-bond donors (Lipinski definition) is 1. The van der Waals surface area contributed by atoms with Gasteiger partial charge in [-0.25, -0.2) is 0 Å². The second kappa shape index (κ2) is 4.83. The molecule has 1 aliphatic carbocycles. The lowest BCUT2D eigenvalue weighted by atomic mass is 9.96. The first-order valence-electron chi connectivity index (χ1n) is 5.16. The van der Waals surface area contributed by atoms with Gasteiger partial charge in [-0.15, -0.1) is 0 Å². The van der Waals surface area contributed by atoms with E-state index in [1.54, 1.807) is 0 Å². The zero-order chi connectivity index (χ0) is 8.97. The molecule has 2 atom stereocenters. The monoisotopic (exact) mass is 170 g/mol. The van der Waals surface area contributed by atoms with E-state index >= 15 is 0 Å². The minimum atomic E-state index is 0.805. The summed E-state index contributed by atoms with van der Waals surface area (Å²) >= 11 is 0. The van der Waals surface area contributed by atoms with E-state index in [1.165, 1.54) is 25.8 Å². The lowest BCUT2D eigenvalue weighted by Gasteiger charge is -2.23. The summed E-state index contributed by atoms with van der Waals surface area (Å²) in [4.78, 5) is 2.40. The summed E-state index contributed by atoms with van der Waals surface area (Å²) < 4.78 is 0. The van der Waals surface area contributed by atoms with Crippen molar-refractivity contribution in [2.75, 3.05) is 26.7 Å². The van der Waals surface area contributed by atoms with Crippen molar-refractivity contribution in [3.05, 3.63) is 0 Å². The smallest absolute Gasteiger partial charge is 0.000961 e. The van der Waals surface area contributed by atoms with Gasteiger partial charge in [0.15, 0.2) is 0 Å². The quantitative estimate of drug-likeness (QED) is 0.689. The van der Waals surface area contributed by atoms with Crippen LogP contribution in [0.2, 0.25) is 0 Å². The van der Waals surface area contributed by atoms with E-state index in [1.807, 2.05) is 0 Å². The molecule has 1 fully saturated rings. The van der Waals surface area contributed by atoms with Gasteiger partial charge in [-0.2, -0.15) is 0 Å². The number of nitrogens with two attached hydrogens (primary N) is 1. The first-order chi connectivity index (χ1) is 5.77. The first-order valence-corrected chi connectivity index (χ1v) is 5.16. The average molecular weight is 170 g/mol. The van der Waals surface area contributed by atoms with E-state index in [0.717, 1.165) is 24.9 Å². The summed E-state index contributed by atoms with van der Waals surface area (Å²) in [5, 5.41) is 0. The molecule has 0 bridgehead atoms. The van der Waals surface area contributed by atoms with Crippen LogP contribution < -0.4 is 5.73 Å². The van der Waals surface area contributed by atoms with Crippen molar-refractivity contribution in [1.82, 2.24) is 4.90 Å². The molecule has 12 heavy (non-hydrogen) atoms. The number of nitrogens with zero attached hydrogens (tertiary/aromatic N) is 1. The largest absolute Gasteiger partial charge is 0.330 e. The molecular weight excluding hydrogens is 148 g/mol. The van der Waals surface area contributed by atoms with Crippen LogP contribution >= 0.6 is 0 Å². The van der Waals surface area contributed by atoms with E-state index in [0.29, 0.717) is 0 Å². The van der Waals surface area contributed by atoms with Gasteiger partial charge in [0.1, 0.15) is 0 Å². The van der Waals surface area contributed by atoms with Gasteiger partial charge >= 0.3 is 0 Å². The van der Waals surface area contributed by atoms with Crippen molar-refractivity contribution in [3.8, 4) is 0 Å². The summed E-state index contributed by atoms with van der Waals surface area (Å²) in [6.07, 6.45) is 4.15. The van der Waals surface area contributed by atoms with Crippen LogP contribution in [0, 0.1) is 11.8 Å². The zero-order valence-electron chi connectivity index (χ0n) is 8.42. The highest BCUT2D eigenvalue weighted by Gasteiger charge is 2.26. The normalized spacial score (nSPS) is 30.0. The Kier molecular flexibility index (Phi) is 4.02. The van der Waals surface area contributed by atoms with Crippen LogP contribution in [0.4, 0.5) is 0 Å². The van der Waals surface area contributed by atoms with Crippen LogP contribution in [0.5, 0.6) is 0 Å². The fourth-order valence-electron chi connectivity index (χ4n) is 2.19. The van der Waals surface area contributed by atoms with E-state index in [4.69, 9.17) is 5.73 Å². The molecule has 2 heteroatoms. The summed E-state index contributed by atoms with van der Waals surface area (Å²) in [5.41, 5.74) is 5.72. The van der Waals surface area contributed by atoms with Crippen molar-refractivity contribution in [2.24, 2.45) is 17.6 Å². The van der Waals surface area contributed by atoms with Gasteiger partial charge in [0.05, 0.1) is 0 Å². The Morgan fingerprint density at radius 1 is 1.33 bits per heavy atom. The molecule has 0 radical (unpaired) electrons. The summed E-state index contributed by atoms with van der Waals surface area (Å²) in [5.74, 6) is 1.68. The Labute approximate surface area is 76.1 Å². The topological polar surface area (TPSA) is 29.3 Å². The molecule has 0 aromatic rings. The molecule has 2 nitrogen and oxygen atoms in total. The number of hydrogen-bond acceptors (Lipinski definition) is 2. The molecule has 2 unspecified atom stereocenters. The van der Waals surface area contributed by atoms with Crippen LogP contribution in [-0.4, -0.2) is 31.6 Å². The van der Waals surface area contributed by atoms with E-state index in [2.05, 4.69) is 18.9 Å². The zero-order valence-corrected chi connectivity index (χ0v) is 8.42. The maximum Gasteiger partial charge on any atom is 0.000961 e. The molecule has 1 rings (SSSR count). The molecule has 72 valence electrons. The number of rotatable bonds is 4. The Bertz CT molecular complexity index is 125. The molecule has 1 saturated carbocycles. The summed E-state index contributed by atoms with van der Waals surface area (Å²) in [6, 6.07) is 0. The van der Waals surface area contributed by atoms with Crippen LogP contribution in [-0.2, 0) is 0 Å². The third kappa shape index (κ3) is 2.46. The molecule has 0 heterocycles. The Morgan fingerprint density at radius 3 is 2.58 bits per heavy atom. The molecule has 0 spiro atoms. The third-order valence-electron chi connectivity index (χ3n) is 3.21. The molecule has 2 N–H and O–H groups in total. The van der Waals surface area contributed by atoms with Crippen LogP contribution in [0.15, 0.2) is 0 Å². The highest BCUT2D eigenvalue weighted by molar-refractivity contribution is 4.79. The Hall–Kier alpha value is -0.0800. The lowest BCUT2D eigenvalue weighted by molar-refractivity contribution is 0.252. The van der Waals surface area contributed by atoms with Crippen molar-refractivity contribution >= 4 is 0 Å². The average Bonchev–Trinajstić information content (AvgIpc) is 2.51. The standard InChI is InChI=1S/C10H22N2/c1-3-12(2)8-10-6-4-5-9(10)7-11/h9-10H,3-8,11H2,1-2H3. The van der Waals surface area contributed by atoms with Gasteiger partial charge in [-0.3, -0.25) is 0 Å². The van der Waals surface area contributed by atoms with E-state index < -0.39 is 0 Å². The van der Waals surface area contributed by atoms with Gasteiger partial charge in [-0.1, -0.05) is 13.3 Å². The Balaban J connectivity index is 2.30. The van der Waals surface area contributed by atoms with Gasteiger partial charge in [-0.05, 0) is 44.8 Å². The van der Waals surface area contributed by atoms with Crippen molar-refractivity contribution in [3.63, 3.8) is 0 Å². The summed E-state index contributed by atoms with van der Waals surface area (Å²) in [7, 11) is 2.20. The van der Waals surface area contributed by atoms with Crippen LogP contribution in [0.1, 0.15) is 26.2 Å². The second-order valence-corrected chi connectivity index (χ2v) is 4.04. The van der Waals surface area contributed by atoms with Gasteiger partial charge in [0.2, 0.25) is 0 Å². The molecule has 0 saturated heterocycles. The third-order valence-corrected chi connectivity index (χ3v) is 3.21. The van der Waals surface area contributed by atoms with Gasteiger partial charge < -0.3 is 10.6 Å². The van der Waals surface area contributed by atoms with E-state index in [-0.39, 0.29) is 0 Å². The SMILES string of the molecule is CCN(C)CC1CCCC1CN. The maximum absolute atomic E-state index is 5.72. The van der Waals surface area contributed by atoms with Crippen LogP contribution in [0.3, 0.4) is 0 Å². The highest BCUT2D eigenvalue weighted by Crippen LogP contribution is 2.31. The first kappa shape index (κ1) is 10.0. The minimum Gasteiger partial charge on any atom is -0.330 e. The predicted octanol–water partition coefficient (Wildman–Crippen LogP) is 1.31. The van der Waals surface area contributed by atoms with Gasteiger partial charge in [0, 0.05) is 6.54 Å². The van der Waals surface area contributed by atoms with Gasteiger partial charge in [0.25, 0.3) is 0 Å². The molecule has 0 aromatic carbocycles. The second-order valence-electron chi connectivity index (χ2n) is 4.04. The molecular formula is C10H22N2. The highest BCUT2D eigenvalue weighted by atomic mass is 15.1. The lowest BCUT2D eigenvalue weighted by Crippen LogP contribution is -2.30. The fourth-order valence-corrected chi connectivity index (χ4v) is 2.19. The van der Waals surface area contributed by atoms with Crippen LogP contribution in [0.25, 0.3) is 0 Å². The molecule has 0 aliphatic heterocycles. The van der Waals surface area contributed by atoms with Crippen molar-refractivity contribution in [1.29, 1.82) is 0 Å². The van der Waals surface area contributed by atoms with Crippen molar-refractivity contribution in [2.45, 2.75) is 26.2 Å². The summed E-state index contributed by atoms with van der Waals surface area (Å²) in [6.45, 7) is 5.51. The minimum absolute atomic E-state index is 0.805. The van der Waals surface area contributed by atoms with E-state index in [9.17, 15) is 0 Å².